The number of para-hydroxylation sites is 1. The number of benzene rings is 1. The van der Waals surface area contributed by atoms with Crippen LogP contribution in [0.5, 0.6) is 0 Å². The van der Waals surface area contributed by atoms with Crippen LogP contribution in [-0.4, -0.2) is 52.2 Å². The molecule has 8 heteroatoms. The first-order valence-corrected chi connectivity index (χ1v) is 8.44. The van der Waals surface area contributed by atoms with Crippen molar-refractivity contribution in [3.63, 3.8) is 0 Å². The van der Waals surface area contributed by atoms with E-state index in [4.69, 9.17) is 9.05 Å². The van der Waals surface area contributed by atoms with Crippen LogP contribution in [0, 0.1) is 6.92 Å². The van der Waals surface area contributed by atoms with Crippen LogP contribution in [0.25, 0.3) is 11.0 Å². The summed E-state index contributed by atoms with van der Waals surface area (Å²) in [5.74, 6) is -0.288. The maximum absolute atomic E-state index is 12.8. The molecule has 0 aliphatic carbocycles. The molecular weight excluding hydrogens is 336 g/mol. The fraction of sp³-hybridized carbons (Fsp3) is 0.333. The summed E-state index contributed by atoms with van der Waals surface area (Å²) in [5.41, 5.74) is 1.54. The van der Waals surface area contributed by atoms with Crippen molar-refractivity contribution in [3.05, 3.63) is 57.7 Å². The van der Waals surface area contributed by atoms with E-state index in [1.54, 1.807) is 23.1 Å². The van der Waals surface area contributed by atoms with Gasteiger partial charge in [0.2, 0.25) is 0 Å². The molecule has 0 N–H and O–H groups in total. The van der Waals surface area contributed by atoms with E-state index in [-0.39, 0.29) is 11.5 Å². The molecule has 26 heavy (non-hydrogen) atoms. The number of carbonyl (C=O) groups is 1. The number of nitrogens with zero attached hydrogens (tertiary/aromatic N) is 4. The van der Waals surface area contributed by atoms with E-state index in [2.05, 4.69) is 15.2 Å². The Morgan fingerprint density at radius 2 is 1.92 bits per heavy atom. The van der Waals surface area contributed by atoms with Crippen LogP contribution in [0.2, 0.25) is 0 Å². The zero-order valence-corrected chi connectivity index (χ0v) is 14.3. The molecule has 8 nitrogen and oxygen atoms in total. The highest BCUT2D eigenvalue weighted by molar-refractivity contribution is 5.96. The molecule has 134 valence electrons. The lowest BCUT2D eigenvalue weighted by Crippen LogP contribution is -2.49. The van der Waals surface area contributed by atoms with Gasteiger partial charge >= 0.3 is 5.63 Å². The number of aromatic nitrogens is 2. The maximum Gasteiger partial charge on any atom is 0.349 e. The molecule has 1 saturated heterocycles. The lowest BCUT2D eigenvalue weighted by Gasteiger charge is -2.34. The third kappa shape index (κ3) is 3.11. The van der Waals surface area contributed by atoms with E-state index in [1.165, 1.54) is 0 Å². The summed E-state index contributed by atoms with van der Waals surface area (Å²) in [6, 6.07) is 8.78. The number of rotatable bonds is 3. The Hall–Kier alpha value is -3.00. The Labute approximate surface area is 149 Å². The largest absolute Gasteiger partial charge is 0.422 e. The normalized spacial score (nSPS) is 15.5. The van der Waals surface area contributed by atoms with Gasteiger partial charge in [0.05, 0.1) is 0 Å². The first kappa shape index (κ1) is 16.5. The van der Waals surface area contributed by atoms with Crippen molar-refractivity contribution in [1.82, 2.24) is 20.1 Å². The van der Waals surface area contributed by atoms with Gasteiger partial charge in [0.25, 0.3) is 5.91 Å². The number of fused-ring (bicyclic) bond motifs is 1. The highest BCUT2D eigenvalue weighted by Crippen LogP contribution is 2.15. The average Bonchev–Trinajstić information content (AvgIpc) is 3.06. The first-order chi connectivity index (χ1) is 12.6. The summed E-state index contributed by atoms with van der Waals surface area (Å²) >= 11 is 0. The van der Waals surface area contributed by atoms with Crippen LogP contribution in [-0.2, 0) is 6.54 Å². The summed E-state index contributed by atoms with van der Waals surface area (Å²) in [4.78, 5) is 28.8. The fourth-order valence-electron chi connectivity index (χ4n) is 3.10. The molecule has 1 aliphatic heterocycles. The van der Waals surface area contributed by atoms with Crippen LogP contribution in [0.3, 0.4) is 0 Å². The van der Waals surface area contributed by atoms with Gasteiger partial charge in [-0.25, -0.2) is 9.42 Å². The van der Waals surface area contributed by atoms with E-state index < -0.39 is 5.63 Å². The number of carbonyl (C=O) groups excluding carboxylic acids is 1. The summed E-state index contributed by atoms with van der Waals surface area (Å²) in [5, 5.41) is 8.41. The molecule has 0 radical (unpaired) electrons. The Morgan fingerprint density at radius 1 is 1.15 bits per heavy atom. The van der Waals surface area contributed by atoms with Crippen LogP contribution >= 0.6 is 0 Å². The van der Waals surface area contributed by atoms with Gasteiger partial charge in [-0.15, -0.1) is 0 Å². The van der Waals surface area contributed by atoms with Crippen molar-refractivity contribution in [3.8, 4) is 0 Å². The van der Waals surface area contributed by atoms with Crippen molar-refractivity contribution in [2.75, 3.05) is 26.2 Å². The van der Waals surface area contributed by atoms with E-state index in [1.807, 2.05) is 19.1 Å². The molecule has 2 aromatic heterocycles. The third-order valence-corrected chi connectivity index (χ3v) is 4.65. The zero-order chi connectivity index (χ0) is 18.1. The van der Waals surface area contributed by atoms with Crippen LogP contribution < -0.4 is 5.63 Å². The van der Waals surface area contributed by atoms with Gasteiger partial charge in [0.1, 0.15) is 22.5 Å². The molecule has 0 atom stereocenters. The Balaban J connectivity index is 1.46. The topological polar surface area (TPSA) is 92.7 Å². The number of hydrogen-bond acceptors (Lipinski definition) is 7. The number of amides is 1. The minimum atomic E-state index is -0.597. The highest BCUT2D eigenvalue weighted by atomic mass is 16.6. The Bertz CT molecular complexity index is 1000. The van der Waals surface area contributed by atoms with Gasteiger partial charge in [-0.3, -0.25) is 9.69 Å². The van der Waals surface area contributed by atoms with Crippen molar-refractivity contribution in [1.29, 1.82) is 0 Å². The molecule has 1 aromatic carbocycles. The number of hydrogen-bond donors (Lipinski definition) is 0. The predicted octanol–water partition coefficient (Wildman–Crippen LogP) is 1.44. The molecule has 0 spiro atoms. The molecule has 0 unspecified atom stereocenters. The number of aryl methyl sites for hydroxylation is 1. The average molecular weight is 354 g/mol. The van der Waals surface area contributed by atoms with Gasteiger partial charge in [-0.05, 0) is 19.1 Å². The van der Waals surface area contributed by atoms with Gasteiger partial charge in [0, 0.05) is 38.1 Å². The van der Waals surface area contributed by atoms with E-state index in [0.29, 0.717) is 38.3 Å². The van der Waals surface area contributed by atoms with Gasteiger partial charge < -0.3 is 9.32 Å². The van der Waals surface area contributed by atoms with Crippen molar-refractivity contribution >= 4 is 16.9 Å². The number of piperazine rings is 1. The first-order valence-electron chi connectivity index (χ1n) is 8.44. The molecule has 1 aliphatic rings. The van der Waals surface area contributed by atoms with Gasteiger partial charge in [-0.2, -0.15) is 0 Å². The van der Waals surface area contributed by atoms with Crippen molar-refractivity contribution in [2.24, 2.45) is 0 Å². The highest BCUT2D eigenvalue weighted by Gasteiger charge is 2.25. The van der Waals surface area contributed by atoms with Crippen LogP contribution in [0.15, 0.2) is 44.2 Å². The van der Waals surface area contributed by atoms with Gasteiger partial charge in [-0.1, -0.05) is 28.5 Å². The fourth-order valence-corrected chi connectivity index (χ4v) is 3.10. The maximum atomic E-state index is 12.8. The summed E-state index contributed by atoms with van der Waals surface area (Å²) in [6.07, 6.45) is 0. The quantitative estimate of drug-likeness (QED) is 0.657. The molecular formula is C18H18N4O4. The van der Waals surface area contributed by atoms with E-state index >= 15 is 0 Å². The SMILES string of the molecule is Cc1nonc1CN1CCN(C(=O)c2cc3ccccc3oc2=O)CC1. The summed E-state index contributed by atoms with van der Waals surface area (Å²) in [6.45, 7) is 4.94. The third-order valence-electron chi connectivity index (χ3n) is 4.65. The smallest absolute Gasteiger partial charge is 0.349 e. The summed E-state index contributed by atoms with van der Waals surface area (Å²) < 4.78 is 9.99. The Morgan fingerprint density at radius 3 is 2.65 bits per heavy atom. The lowest BCUT2D eigenvalue weighted by molar-refractivity contribution is 0.0621. The Kier molecular flexibility index (Phi) is 4.26. The predicted molar refractivity (Wildman–Crippen MR) is 92.7 cm³/mol. The van der Waals surface area contributed by atoms with Crippen LogP contribution in [0.4, 0.5) is 0 Å². The molecule has 4 rings (SSSR count). The summed E-state index contributed by atoms with van der Waals surface area (Å²) in [7, 11) is 0. The molecule has 0 saturated carbocycles. The van der Waals surface area contributed by atoms with Crippen molar-refractivity contribution < 1.29 is 13.8 Å². The zero-order valence-electron chi connectivity index (χ0n) is 14.3. The second-order valence-electron chi connectivity index (χ2n) is 6.35. The van der Waals surface area contributed by atoms with Crippen molar-refractivity contribution in [2.45, 2.75) is 13.5 Å². The van der Waals surface area contributed by atoms with Gasteiger partial charge in [0.15, 0.2) is 0 Å². The van der Waals surface area contributed by atoms with E-state index in [9.17, 15) is 9.59 Å². The second kappa shape index (κ2) is 6.72. The molecule has 0 bridgehead atoms. The monoisotopic (exact) mass is 354 g/mol. The van der Waals surface area contributed by atoms with E-state index in [0.717, 1.165) is 16.8 Å². The second-order valence-corrected chi connectivity index (χ2v) is 6.35. The molecule has 3 heterocycles. The minimum absolute atomic E-state index is 0.0775. The standard InChI is InChI=1S/C18H18N4O4/c1-12-15(20-26-19-12)11-21-6-8-22(9-7-21)17(23)14-10-13-4-2-3-5-16(13)25-18(14)24/h2-5,10H,6-9,11H2,1H3. The minimum Gasteiger partial charge on any atom is -0.422 e. The molecule has 3 aromatic rings. The molecule has 1 fully saturated rings. The van der Waals surface area contributed by atoms with Crippen LogP contribution in [0.1, 0.15) is 21.7 Å². The molecule has 1 amide bonds. The lowest BCUT2D eigenvalue weighted by atomic mass is 10.1.